The number of nitro groups is 1. The Bertz CT molecular complexity index is 877. The quantitative estimate of drug-likeness (QED) is 0.509. The van der Waals surface area contributed by atoms with Crippen molar-refractivity contribution in [2.24, 2.45) is 0 Å². The second-order valence-corrected chi connectivity index (χ2v) is 6.09. The van der Waals surface area contributed by atoms with Gasteiger partial charge in [0, 0.05) is 18.7 Å². The molecule has 7 nitrogen and oxygen atoms in total. The van der Waals surface area contributed by atoms with Crippen LogP contribution in [-0.2, 0) is 10.3 Å². The van der Waals surface area contributed by atoms with Crippen LogP contribution in [-0.4, -0.2) is 28.3 Å². The van der Waals surface area contributed by atoms with Crippen LogP contribution in [0.5, 0.6) is 0 Å². The van der Waals surface area contributed by atoms with Crippen LogP contribution in [0.1, 0.15) is 18.1 Å². The second-order valence-electron chi connectivity index (χ2n) is 6.09. The van der Waals surface area contributed by atoms with E-state index < -0.39 is 22.4 Å². The molecule has 1 heterocycles. The minimum Gasteiger partial charge on any atom is -0.319 e. The Kier molecular flexibility index (Phi) is 4.53. The third-order valence-electron chi connectivity index (χ3n) is 4.33. The molecule has 1 aliphatic heterocycles. The molecule has 1 saturated heterocycles. The summed E-state index contributed by atoms with van der Waals surface area (Å²) in [6.07, 6.45) is 3.58. The van der Waals surface area contributed by atoms with Crippen molar-refractivity contribution < 1.29 is 14.5 Å². The fraction of sp³-hybridized carbons (Fsp3) is 0.158. The number of non-ortho nitro benzene ring substituents is 1. The Morgan fingerprint density at radius 2 is 1.77 bits per heavy atom. The van der Waals surface area contributed by atoms with E-state index in [1.807, 2.05) is 36.4 Å². The van der Waals surface area contributed by atoms with E-state index in [0.29, 0.717) is 5.56 Å². The number of carbonyl (C=O) groups is 2. The van der Waals surface area contributed by atoms with Crippen molar-refractivity contribution in [3.05, 3.63) is 81.9 Å². The normalized spacial score (nSPS) is 19.8. The molecule has 132 valence electrons. The first-order chi connectivity index (χ1) is 12.4. The lowest BCUT2D eigenvalue weighted by atomic mass is 9.92. The highest BCUT2D eigenvalue weighted by Gasteiger charge is 2.48. The maximum atomic E-state index is 12.8. The Balaban J connectivity index is 1.77. The summed E-state index contributed by atoms with van der Waals surface area (Å²) < 4.78 is 0. The zero-order valence-electron chi connectivity index (χ0n) is 14.1. The minimum absolute atomic E-state index is 0.0724. The predicted octanol–water partition coefficient (Wildman–Crippen LogP) is 3.08. The highest BCUT2D eigenvalue weighted by Crippen LogP contribution is 2.30. The summed E-state index contributed by atoms with van der Waals surface area (Å²) in [5, 5.41) is 13.4. The standard InChI is InChI=1S/C19H17N3O4/c1-19(15-9-11-16(12-10-15)22(25)26)17(23)21(18(24)20-19)13-5-8-14-6-3-2-4-7-14/h2-12H,13H2,1H3,(H,20,24)/b8-5+. The van der Waals surface area contributed by atoms with Gasteiger partial charge in [0.05, 0.1) is 4.92 Å². The Labute approximate surface area is 150 Å². The van der Waals surface area contributed by atoms with E-state index in [-0.39, 0.29) is 12.2 Å². The smallest absolute Gasteiger partial charge is 0.319 e. The second kappa shape index (κ2) is 6.79. The van der Waals surface area contributed by atoms with Crippen LogP contribution < -0.4 is 5.32 Å². The summed E-state index contributed by atoms with van der Waals surface area (Å²) in [5.74, 6) is -0.394. The van der Waals surface area contributed by atoms with Crippen molar-refractivity contribution in [2.75, 3.05) is 6.54 Å². The van der Waals surface area contributed by atoms with E-state index in [4.69, 9.17) is 0 Å². The third kappa shape index (κ3) is 3.19. The van der Waals surface area contributed by atoms with Gasteiger partial charge in [0.15, 0.2) is 0 Å². The average Bonchev–Trinajstić information content (AvgIpc) is 2.86. The maximum Gasteiger partial charge on any atom is 0.325 e. The molecule has 1 unspecified atom stereocenters. The minimum atomic E-state index is -1.24. The zero-order valence-corrected chi connectivity index (χ0v) is 14.1. The van der Waals surface area contributed by atoms with Crippen molar-refractivity contribution in [3.63, 3.8) is 0 Å². The van der Waals surface area contributed by atoms with Crippen LogP contribution in [0.3, 0.4) is 0 Å². The lowest BCUT2D eigenvalue weighted by molar-refractivity contribution is -0.384. The summed E-state index contributed by atoms with van der Waals surface area (Å²) in [5.41, 5.74) is 0.151. The number of hydrogen-bond acceptors (Lipinski definition) is 4. The first-order valence-corrected chi connectivity index (χ1v) is 8.02. The number of nitrogens with one attached hydrogen (secondary N) is 1. The number of amides is 3. The monoisotopic (exact) mass is 351 g/mol. The molecule has 2 aromatic carbocycles. The van der Waals surface area contributed by atoms with E-state index in [0.717, 1.165) is 10.5 Å². The van der Waals surface area contributed by atoms with Crippen LogP contribution in [0, 0.1) is 10.1 Å². The molecule has 0 spiro atoms. The van der Waals surface area contributed by atoms with E-state index in [1.54, 1.807) is 13.0 Å². The summed E-state index contributed by atoms with van der Waals surface area (Å²) in [6, 6.07) is 14.7. The Morgan fingerprint density at radius 1 is 1.12 bits per heavy atom. The maximum absolute atomic E-state index is 12.8. The molecule has 1 fully saturated rings. The number of rotatable bonds is 5. The van der Waals surface area contributed by atoms with Crippen LogP contribution >= 0.6 is 0 Å². The van der Waals surface area contributed by atoms with Gasteiger partial charge in [0.25, 0.3) is 11.6 Å². The fourth-order valence-corrected chi connectivity index (χ4v) is 2.83. The number of hydrogen-bond donors (Lipinski definition) is 1. The molecular weight excluding hydrogens is 334 g/mol. The molecule has 3 amide bonds. The summed E-state index contributed by atoms with van der Waals surface area (Å²) >= 11 is 0. The van der Waals surface area contributed by atoms with Gasteiger partial charge in [-0.2, -0.15) is 0 Å². The molecule has 2 aromatic rings. The molecule has 0 bridgehead atoms. The van der Waals surface area contributed by atoms with Gasteiger partial charge in [0.1, 0.15) is 5.54 Å². The van der Waals surface area contributed by atoms with Crippen LogP contribution in [0.2, 0.25) is 0 Å². The van der Waals surface area contributed by atoms with E-state index in [1.165, 1.54) is 24.3 Å². The number of imide groups is 1. The van der Waals surface area contributed by atoms with Crippen molar-refractivity contribution in [3.8, 4) is 0 Å². The third-order valence-corrected chi connectivity index (χ3v) is 4.33. The molecule has 7 heteroatoms. The fourth-order valence-electron chi connectivity index (χ4n) is 2.83. The van der Waals surface area contributed by atoms with Gasteiger partial charge in [-0.25, -0.2) is 4.79 Å². The van der Waals surface area contributed by atoms with Gasteiger partial charge >= 0.3 is 6.03 Å². The van der Waals surface area contributed by atoms with E-state index in [2.05, 4.69) is 5.32 Å². The Hall–Kier alpha value is -3.48. The number of carbonyl (C=O) groups excluding carboxylic acids is 2. The van der Waals surface area contributed by atoms with Gasteiger partial charge in [-0.1, -0.05) is 42.5 Å². The molecule has 0 radical (unpaired) electrons. The van der Waals surface area contributed by atoms with Gasteiger partial charge in [-0.05, 0) is 30.2 Å². The molecule has 0 aliphatic carbocycles. The molecule has 1 aliphatic rings. The van der Waals surface area contributed by atoms with Gasteiger partial charge in [0.2, 0.25) is 0 Å². The highest BCUT2D eigenvalue weighted by atomic mass is 16.6. The van der Waals surface area contributed by atoms with Gasteiger partial charge < -0.3 is 5.32 Å². The van der Waals surface area contributed by atoms with Crippen molar-refractivity contribution in [1.29, 1.82) is 0 Å². The molecule has 1 atom stereocenters. The topological polar surface area (TPSA) is 92.6 Å². The number of nitrogens with zero attached hydrogens (tertiary/aromatic N) is 2. The lowest BCUT2D eigenvalue weighted by Gasteiger charge is -2.21. The summed E-state index contributed by atoms with van der Waals surface area (Å²) in [6.45, 7) is 1.73. The van der Waals surface area contributed by atoms with Gasteiger partial charge in [-0.15, -0.1) is 0 Å². The van der Waals surface area contributed by atoms with E-state index in [9.17, 15) is 19.7 Å². The highest BCUT2D eigenvalue weighted by molar-refractivity contribution is 6.07. The van der Waals surface area contributed by atoms with Crippen LogP contribution in [0.15, 0.2) is 60.7 Å². The number of nitro benzene ring substituents is 1. The largest absolute Gasteiger partial charge is 0.325 e. The zero-order chi connectivity index (χ0) is 18.7. The van der Waals surface area contributed by atoms with Crippen LogP contribution in [0.25, 0.3) is 6.08 Å². The van der Waals surface area contributed by atoms with E-state index >= 15 is 0 Å². The molecule has 0 aromatic heterocycles. The van der Waals surface area contributed by atoms with Crippen molar-refractivity contribution >= 4 is 23.7 Å². The molecule has 3 rings (SSSR count). The Morgan fingerprint density at radius 3 is 2.38 bits per heavy atom. The predicted molar refractivity (Wildman–Crippen MR) is 96.2 cm³/mol. The molecule has 1 N–H and O–H groups in total. The summed E-state index contributed by atoms with van der Waals surface area (Å²) in [4.78, 5) is 36.4. The first kappa shape index (κ1) is 17.3. The number of benzene rings is 2. The van der Waals surface area contributed by atoms with Crippen LogP contribution in [0.4, 0.5) is 10.5 Å². The molecular formula is C19H17N3O4. The SMILES string of the molecule is CC1(c2ccc([N+](=O)[O-])cc2)NC(=O)N(C/C=C/c2ccccc2)C1=O. The first-order valence-electron chi connectivity index (χ1n) is 8.02. The van der Waals surface area contributed by atoms with Crippen molar-refractivity contribution in [2.45, 2.75) is 12.5 Å². The average molecular weight is 351 g/mol. The number of urea groups is 1. The lowest BCUT2D eigenvalue weighted by Crippen LogP contribution is -2.40. The molecule has 26 heavy (non-hydrogen) atoms. The molecule has 0 saturated carbocycles. The van der Waals surface area contributed by atoms with Crippen molar-refractivity contribution in [1.82, 2.24) is 10.2 Å². The summed E-state index contributed by atoms with van der Waals surface area (Å²) in [7, 11) is 0. The van der Waals surface area contributed by atoms with Gasteiger partial charge in [-0.3, -0.25) is 19.8 Å².